The molecule has 0 radical (unpaired) electrons. The molecule has 1 N–H and O–H groups in total. The second-order valence-corrected chi connectivity index (χ2v) is 6.50. The van der Waals surface area contributed by atoms with E-state index in [1.165, 1.54) is 12.4 Å². The maximum Gasteiger partial charge on any atom is 0.337 e. The number of rotatable bonds is 4. The van der Waals surface area contributed by atoms with Crippen LogP contribution >= 0.6 is 11.6 Å². The van der Waals surface area contributed by atoms with Gasteiger partial charge >= 0.3 is 10.3 Å². The minimum absolute atomic E-state index is 0.361. The molecule has 0 aromatic carbocycles. The zero-order chi connectivity index (χ0) is 15.0. The van der Waals surface area contributed by atoms with Gasteiger partial charge in [-0.25, -0.2) is 0 Å². The fraction of sp³-hybridized carbons (Fsp3) is 0.545. The third-order valence-electron chi connectivity index (χ3n) is 2.69. The van der Waals surface area contributed by atoms with E-state index in [9.17, 15) is 8.42 Å². The Morgan fingerprint density at radius 2 is 2.15 bits per heavy atom. The molecule has 0 spiro atoms. The maximum atomic E-state index is 11.5. The first-order valence-corrected chi connectivity index (χ1v) is 7.55. The van der Waals surface area contributed by atoms with Crippen LogP contribution in [0.25, 0.3) is 0 Å². The first kappa shape index (κ1) is 15.6. The van der Waals surface area contributed by atoms with E-state index in [1.54, 1.807) is 19.9 Å². The fourth-order valence-electron chi connectivity index (χ4n) is 1.88. The van der Waals surface area contributed by atoms with Crippen LogP contribution in [0.1, 0.15) is 25.5 Å². The molecule has 0 amide bonds. The first-order chi connectivity index (χ1) is 9.24. The van der Waals surface area contributed by atoms with Crippen molar-refractivity contribution in [2.24, 2.45) is 0 Å². The SMILES string of the molecule is COS(=O)(=O)NC1OC(C)(C)OC1c1ccncc1Cl. The number of aromatic nitrogens is 1. The lowest BCUT2D eigenvalue weighted by atomic mass is 10.1. The molecule has 2 rings (SSSR count). The number of nitrogens with zero attached hydrogens (tertiary/aromatic N) is 1. The topological polar surface area (TPSA) is 86.8 Å². The zero-order valence-corrected chi connectivity index (χ0v) is 12.7. The minimum atomic E-state index is -3.92. The first-order valence-electron chi connectivity index (χ1n) is 5.77. The van der Waals surface area contributed by atoms with Crippen LogP contribution in [0.5, 0.6) is 0 Å². The Morgan fingerprint density at radius 1 is 1.45 bits per heavy atom. The molecule has 0 bridgehead atoms. The predicted octanol–water partition coefficient (Wildman–Crippen LogP) is 1.37. The van der Waals surface area contributed by atoms with Crippen molar-refractivity contribution in [1.82, 2.24) is 9.71 Å². The maximum absolute atomic E-state index is 11.5. The standard InChI is InChI=1S/C11H15ClN2O5S/c1-11(2)18-9(7-4-5-13-6-8(7)12)10(19-11)14-20(15,16)17-3/h4-6,9-10,14H,1-3H3. The number of pyridine rings is 1. The fourth-order valence-corrected chi connectivity index (χ4v) is 2.66. The van der Waals surface area contributed by atoms with Gasteiger partial charge in [-0.2, -0.15) is 13.1 Å². The normalized spacial score (nSPS) is 25.8. The van der Waals surface area contributed by atoms with E-state index in [0.29, 0.717) is 10.6 Å². The summed E-state index contributed by atoms with van der Waals surface area (Å²) in [5.74, 6) is -0.960. The van der Waals surface area contributed by atoms with Gasteiger partial charge in [0, 0.05) is 18.0 Å². The van der Waals surface area contributed by atoms with Crippen LogP contribution in [0, 0.1) is 0 Å². The summed E-state index contributed by atoms with van der Waals surface area (Å²) in [6.45, 7) is 3.35. The van der Waals surface area contributed by atoms with Crippen LogP contribution in [-0.4, -0.2) is 32.5 Å². The molecule has 0 saturated carbocycles. The van der Waals surface area contributed by atoms with Gasteiger partial charge in [0.2, 0.25) is 0 Å². The lowest BCUT2D eigenvalue weighted by molar-refractivity contribution is -0.147. The van der Waals surface area contributed by atoms with E-state index in [4.69, 9.17) is 21.1 Å². The summed E-state index contributed by atoms with van der Waals surface area (Å²) in [6.07, 6.45) is 1.34. The molecule has 1 aliphatic rings. The highest BCUT2D eigenvalue weighted by Gasteiger charge is 2.44. The Morgan fingerprint density at radius 3 is 2.75 bits per heavy atom. The summed E-state index contributed by atoms with van der Waals surface area (Å²) in [5.41, 5.74) is 0.580. The van der Waals surface area contributed by atoms with Gasteiger partial charge in [-0.1, -0.05) is 11.6 Å². The van der Waals surface area contributed by atoms with Crippen LogP contribution in [0.15, 0.2) is 18.5 Å². The van der Waals surface area contributed by atoms with E-state index in [1.807, 2.05) is 0 Å². The Labute approximate surface area is 122 Å². The highest BCUT2D eigenvalue weighted by atomic mass is 35.5. The van der Waals surface area contributed by atoms with Gasteiger partial charge in [0.15, 0.2) is 12.0 Å². The molecular weight excluding hydrogens is 308 g/mol. The van der Waals surface area contributed by atoms with Crippen molar-refractivity contribution in [3.05, 3.63) is 29.0 Å². The molecule has 1 aromatic heterocycles. The number of halogens is 1. The average Bonchev–Trinajstić information content (AvgIpc) is 2.64. The quantitative estimate of drug-likeness (QED) is 0.901. The second-order valence-electron chi connectivity index (χ2n) is 4.61. The number of ether oxygens (including phenoxy) is 2. The molecule has 9 heteroatoms. The smallest absolute Gasteiger partial charge is 0.337 e. The second kappa shape index (κ2) is 5.55. The predicted molar refractivity (Wildman–Crippen MR) is 71.1 cm³/mol. The molecule has 0 aliphatic carbocycles. The van der Waals surface area contributed by atoms with Crippen LogP contribution in [0.2, 0.25) is 5.02 Å². The molecule has 7 nitrogen and oxygen atoms in total. The van der Waals surface area contributed by atoms with Crippen LogP contribution < -0.4 is 4.72 Å². The molecule has 1 aromatic rings. The number of hydrogen-bond acceptors (Lipinski definition) is 6. The summed E-state index contributed by atoms with van der Waals surface area (Å²) < 4.78 is 40.9. The van der Waals surface area contributed by atoms with Gasteiger partial charge in [-0.3, -0.25) is 9.17 Å². The van der Waals surface area contributed by atoms with Gasteiger partial charge in [0.1, 0.15) is 6.10 Å². The van der Waals surface area contributed by atoms with E-state index >= 15 is 0 Å². The molecule has 112 valence electrons. The highest BCUT2D eigenvalue weighted by molar-refractivity contribution is 7.84. The Bertz CT molecular complexity index is 592. The summed E-state index contributed by atoms with van der Waals surface area (Å²) >= 11 is 6.06. The third kappa shape index (κ3) is 3.46. The van der Waals surface area contributed by atoms with Gasteiger partial charge in [0.05, 0.1) is 12.1 Å². The van der Waals surface area contributed by atoms with E-state index < -0.39 is 28.4 Å². The van der Waals surface area contributed by atoms with E-state index in [-0.39, 0.29) is 0 Å². The van der Waals surface area contributed by atoms with Gasteiger partial charge < -0.3 is 9.47 Å². The Kier molecular flexibility index (Phi) is 4.33. The van der Waals surface area contributed by atoms with Crippen molar-refractivity contribution >= 4 is 21.9 Å². The van der Waals surface area contributed by atoms with Gasteiger partial charge in [-0.15, -0.1) is 0 Å². The average molecular weight is 323 g/mol. The Hall–Kier alpha value is -0.770. The van der Waals surface area contributed by atoms with Crippen molar-refractivity contribution in [2.45, 2.75) is 32.0 Å². The van der Waals surface area contributed by atoms with Crippen molar-refractivity contribution in [2.75, 3.05) is 7.11 Å². The zero-order valence-electron chi connectivity index (χ0n) is 11.2. The van der Waals surface area contributed by atoms with Gasteiger partial charge in [-0.05, 0) is 19.9 Å². The van der Waals surface area contributed by atoms with Crippen LogP contribution in [-0.2, 0) is 24.0 Å². The van der Waals surface area contributed by atoms with Crippen LogP contribution in [0.3, 0.4) is 0 Å². The summed E-state index contributed by atoms with van der Waals surface area (Å²) in [6, 6.07) is 1.64. The molecule has 1 fully saturated rings. The van der Waals surface area contributed by atoms with E-state index in [2.05, 4.69) is 13.9 Å². The van der Waals surface area contributed by atoms with Crippen LogP contribution in [0.4, 0.5) is 0 Å². The summed E-state index contributed by atoms with van der Waals surface area (Å²) in [7, 11) is -2.87. The minimum Gasteiger partial charge on any atom is -0.338 e. The largest absolute Gasteiger partial charge is 0.338 e. The number of hydrogen-bond donors (Lipinski definition) is 1. The summed E-state index contributed by atoms with van der Waals surface area (Å²) in [5, 5.41) is 0.361. The molecule has 2 heterocycles. The summed E-state index contributed by atoms with van der Waals surface area (Å²) in [4.78, 5) is 3.88. The Balaban J connectivity index is 2.32. The van der Waals surface area contributed by atoms with Crippen molar-refractivity contribution in [3.63, 3.8) is 0 Å². The van der Waals surface area contributed by atoms with Crippen molar-refractivity contribution < 1.29 is 22.1 Å². The van der Waals surface area contributed by atoms with Crippen molar-refractivity contribution in [1.29, 1.82) is 0 Å². The third-order valence-corrected chi connectivity index (χ3v) is 3.96. The molecule has 1 saturated heterocycles. The van der Waals surface area contributed by atoms with Gasteiger partial charge in [0.25, 0.3) is 0 Å². The monoisotopic (exact) mass is 322 g/mol. The van der Waals surface area contributed by atoms with E-state index in [0.717, 1.165) is 7.11 Å². The molecular formula is C11H15ClN2O5S. The highest BCUT2D eigenvalue weighted by Crippen LogP contribution is 2.39. The number of nitrogens with one attached hydrogen (secondary N) is 1. The molecule has 2 atom stereocenters. The van der Waals surface area contributed by atoms with Crippen molar-refractivity contribution in [3.8, 4) is 0 Å². The lowest BCUT2D eigenvalue weighted by Crippen LogP contribution is -2.39. The molecule has 1 aliphatic heterocycles. The lowest BCUT2D eigenvalue weighted by Gasteiger charge is -2.18. The molecule has 2 unspecified atom stereocenters. The molecule has 20 heavy (non-hydrogen) atoms.